The van der Waals surface area contributed by atoms with E-state index < -0.39 is 0 Å². The number of aryl methyl sites for hydroxylation is 3. The minimum absolute atomic E-state index is 0.00608. The fourth-order valence-corrected chi connectivity index (χ4v) is 6.12. The lowest BCUT2D eigenvalue weighted by Gasteiger charge is -2.30. The number of aromatic nitrogens is 2. The van der Waals surface area contributed by atoms with Crippen LogP contribution >= 0.6 is 11.3 Å². The molecule has 4 rings (SSSR count). The molecule has 0 saturated heterocycles. The normalized spacial score (nSPS) is 14.4. The zero-order valence-corrected chi connectivity index (χ0v) is 20.5. The van der Waals surface area contributed by atoms with Crippen LogP contribution in [0.4, 0.5) is 0 Å². The van der Waals surface area contributed by atoms with E-state index in [-0.39, 0.29) is 17.5 Å². The molecular weight excluding hydrogens is 432 g/mol. The average Bonchev–Trinajstić information content (AvgIpc) is 3.21. The van der Waals surface area contributed by atoms with Crippen LogP contribution in [0.15, 0.2) is 35.1 Å². The molecule has 2 aromatic heterocycles. The van der Waals surface area contributed by atoms with Crippen molar-refractivity contribution in [2.75, 3.05) is 19.6 Å². The SMILES string of the molecule is CCN(CC)C(CNC(=O)CCc1nc2sc3c(c2c(=O)[nH]1)CCCC3)Cc1ccccc1. The molecule has 0 fully saturated rings. The van der Waals surface area contributed by atoms with Crippen molar-refractivity contribution in [3.05, 3.63) is 62.5 Å². The van der Waals surface area contributed by atoms with E-state index in [1.807, 2.05) is 6.07 Å². The first-order chi connectivity index (χ1) is 16.1. The fraction of sp³-hybridized carbons (Fsp3) is 0.500. The molecule has 1 aliphatic rings. The summed E-state index contributed by atoms with van der Waals surface area (Å²) in [6.45, 7) is 6.81. The summed E-state index contributed by atoms with van der Waals surface area (Å²) in [5.41, 5.74) is 2.41. The maximum Gasteiger partial charge on any atom is 0.259 e. The predicted octanol–water partition coefficient (Wildman–Crippen LogP) is 3.87. The fourth-order valence-electron chi connectivity index (χ4n) is 4.84. The van der Waals surface area contributed by atoms with E-state index in [0.717, 1.165) is 49.0 Å². The molecule has 7 heteroatoms. The quantitative estimate of drug-likeness (QED) is 0.476. The highest BCUT2D eigenvalue weighted by molar-refractivity contribution is 7.18. The highest BCUT2D eigenvalue weighted by atomic mass is 32.1. The van der Waals surface area contributed by atoms with Crippen LogP contribution in [0.1, 0.15) is 54.9 Å². The Hall–Kier alpha value is -2.51. The third-order valence-electron chi connectivity index (χ3n) is 6.64. The lowest BCUT2D eigenvalue weighted by atomic mass is 9.97. The van der Waals surface area contributed by atoms with Gasteiger partial charge in [0, 0.05) is 30.3 Å². The number of H-pyrrole nitrogens is 1. The van der Waals surface area contributed by atoms with E-state index in [0.29, 0.717) is 25.2 Å². The van der Waals surface area contributed by atoms with Gasteiger partial charge in [-0.3, -0.25) is 14.5 Å². The summed E-state index contributed by atoms with van der Waals surface area (Å²) in [4.78, 5) is 37.5. The molecule has 1 atom stereocenters. The van der Waals surface area contributed by atoms with Crippen LogP contribution in [0.25, 0.3) is 10.2 Å². The lowest BCUT2D eigenvalue weighted by Crippen LogP contribution is -2.45. The van der Waals surface area contributed by atoms with Gasteiger partial charge in [-0.25, -0.2) is 4.98 Å². The van der Waals surface area contributed by atoms with Gasteiger partial charge in [0.15, 0.2) is 0 Å². The number of nitrogens with one attached hydrogen (secondary N) is 2. The number of rotatable bonds is 10. The van der Waals surface area contributed by atoms with Crippen LogP contribution in [0.3, 0.4) is 0 Å². The van der Waals surface area contributed by atoms with Gasteiger partial charge >= 0.3 is 0 Å². The van der Waals surface area contributed by atoms with Crippen LogP contribution in [0, 0.1) is 0 Å². The van der Waals surface area contributed by atoms with Gasteiger partial charge in [0.2, 0.25) is 5.91 Å². The minimum Gasteiger partial charge on any atom is -0.355 e. The number of nitrogens with zero attached hydrogens (tertiary/aromatic N) is 2. The maximum atomic E-state index is 12.7. The van der Waals surface area contributed by atoms with Crippen molar-refractivity contribution in [2.24, 2.45) is 0 Å². The Kier molecular flexibility index (Phi) is 7.93. The van der Waals surface area contributed by atoms with Crippen LogP contribution < -0.4 is 10.9 Å². The number of hydrogen-bond acceptors (Lipinski definition) is 5. The van der Waals surface area contributed by atoms with Crippen molar-refractivity contribution in [3.8, 4) is 0 Å². The Morgan fingerprint density at radius 1 is 1.18 bits per heavy atom. The second-order valence-electron chi connectivity index (χ2n) is 8.77. The molecule has 0 radical (unpaired) electrons. The zero-order valence-electron chi connectivity index (χ0n) is 19.7. The van der Waals surface area contributed by atoms with Gasteiger partial charge in [-0.1, -0.05) is 44.2 Å². The van der Waals surface area contributed by atoms with Gasteiger partial charge in [-0.05, 0) is 56.3 Å². The monoisotopic (exact) mass is 466 g/mol. The number of thiophene rings is 1. The van der Waals surface area contributed by atoms with Crippen molar-refractivity contribution in [1.29, 1.82) is 0 Å². The highest BCUT2D eigenvalue weighted by Crippen LogP contribution is 2.33. The zero-order chi connectivity index (χ0) is 23.2. The van der Waals surface area contributed by atoms with Gasteiger partial charge in [0.25, 0.3) is 5.56 Å². The van der Waals surface area contributed by atoms with Crippen molar-refractivity contribution < 1.29 is 4.79 Å². The predicted molar refractivity (Wildman–Crippen MR) is 135 cm³/mol. The molecule has 1 unspecified atom stereocenters. The summed E-state index contributed by atoms with van der Waals surface area (Å²) in [5.74, 6) is 0.597. The molecule has 0 saturated carbocycles. The smallest absolute Gasteiger partial charge is 0.259 e. The summed E-state index contributed by atoms with van der Waals surface area (Å²) in [7, 11) is 0. The summed E-state index contributed by atoms with van der Waals surface area (Å²) < 4.78 is 0. The molecule has 176 valence electrons. The van der Waals surface area contributed by atoms with Gasteiger partial charge < -0.3 is 10.3 Å². The Morgan fingerprint density at radius 3 is 2.70 bits per heavy atom. The van der Waals surface area contributed by atoms with E-state index in [4.69, 9.17) is 4.98 Å². The summed E-state index contributed by atoms with van der Waals surface area (Å²) in [5, 5.41) is 3.89. The summed E-state index contributed by atoms with van der Waals surface area (Å²) in [6, 6.07) is 10.7. The van der Waals surface area contributed by atoms with Gasteiger partial charge in [-0.15, -0.1) is 11.3 Å². The number of amides is 1. The average molecular weight is 467 g/mol. The molecule has 6 nitrogen and oxygen atoms in total. The number of carbonyl (C=O) groups is 1. The Labute approximate surface area is 199 Å². The minimum atomic E-state index is -0.0562. The molecule has 0 bridgehead atoms. The summed E-state index contributed by atoms with van der Waals surface area (Å²) in [6.07, 6.45) is 5.99. The van der Waals surface area contributed by atoms with E-state index in [2.05, 4.69) is 53.3 Å². The van der Waals surface area contributed by atoms with Crippen molar-refractivity contribution in [1.82, 2.24) is 20.2 Å². The van der Waals surface area contributed by atoms with E-state index in [1.54, 1.807) is 11.3 Å². The maximum absolute atomic E-state index is 12.7. The van der Waals surface area contributed by atoms with E-state index in [9.17, 15) is 9.59 Å². The Morgan fingerprint density at radius 2 is 1.94 bits per heavy atom. The second-order valence-corrected chi connectivity index (χ2v) is 9.86. The molecule has 1 aliphatic carbocycles. The molecule has 3 aromatic rings. The number of likely N-dealkylation sites (N-methyl/N-ethyl adjacent to an activating group) is 1. The van der Waals surface area contributed by atoms with Crippen LogP contribution in [0.2, 0.25) is 0 Å². The second kappa shape index (κ2) is 11.1. The number of carbonyl (C=O) groups excluding carboxylic acids is 1. The number of hydrogen-bond donors (Lipinski definition) is 2. The summed E-state index contributed by atoms with van der Waals surface area (Å²) >= 11 is 1.65. The van der Waals surface area contributed by atoms with Gasteiger partial charge in [0.05, 0.1) is 5.39 Å². The van der Waals surface area contributed by atoms with E-state index >= 15 is 0 Å². The molecule has 1 amide bonds. The van der Waals surface area contributed by atoms with E-state index in [1.165, 1.54) is 22.4 Å². The molecule has 33 heavy (non-hydrogen) atoms. The largest absolute Gasteiger partial charge is 0.355 e. The molecular formula is C26H34N4O2S. The van der Waals surface area contributed by atoms with Crippen molar-refractivity contribution in [3.63, 3.8) is 0 Å². The third kappa shape index (κ3) is 5.71. The molecule has 2 heterocycles. The first-order valence-electron chi connectivity index (χ1n) is 12.2. The first-order valence-corrected chi connectivity index (χ1v) is 13.0. The third-order valence-corrected chi connectivity index (χ3v) is 7.83. The van der Waals surface area contributed by atoms with Crippen LogP contribution in [0.5, 0.6) is 0 Å². The van der Waals surface area contributed by atoms with Crippen LogP contribution in [-0.4, -0.2) is 46.5 Å². The molecule has 1 aromatic carbocycles. The highest BCUT2D eigenvalue weighted by Gasteiger charge is 2.20. The molecule has 2 N–H and O–H groups in total. The molecule has 0 aliphatic heterocycles. The number of fused-ring (bicyclic) bond motifs is 3. The van der Waals surface area contributed by atoms with Crippen molar-refractivity contribution in [2.45, 2.75) is 64.8 Å². The Bertz CT molecular complexity index is 1130. The molecule has 0 spiro atoms. The Balaban J connectivity index is 1.37. The van der Waals surface area contributed by atoms with Gasteiger partial charge in [0.1, 0.15) is 10.7 Å². The number of aromatic amines is 1. The lowest BCUT2D eigenvalue weighted by molar-refractivity contribution is -0.121. The first kappa shape index (κ1) is 23.6. The topological polar surface area (TPSA) is 78.1 Å². The standard InChI is InChI=1S/C26H34N4O2S/c1-3-30(4-2)19(16-18-10-6-5-7-11-18)17-27-23(31)15-14-22-28-25(32)24-20-12-8-9-13-21(20)33-26(24)29-22/h5-7,10-11,19H,3-4,8-9,12-17H2,1-2H3,(H,27,31)(H,28,29,32). The van der Waals surface area contributed by atoms with Crippen molar-refractivity contribution >= 4 is 27.5 Å². The van der Waals surface area contributed by atoms with Gasteiger partial charge in [-0.2, -0.15) is 0 Å². The van der Waals surface area contributed by atoms with Crippen LogP contribution in [-0.2, 0) is 30.5 Å². The number of benzene rings is 1.